The largest absolute Gasteiger partial charge is 0.477 e. The topological polar surface area (TPSA) is 52.9 Å². The van der Waals surface area contributed by atoms with Gasteiger partial charge in [-0.1, -0.05) is 42.5 Å². The fraction of sp³-hybridized carbons (Fsp3) is 0.222. The van der Waals surface area contributed by atoms with Gasteiger partial charge in [0.1, 0.15) is 5.71 Å². The van der Waals surface area contributed by atoms with E-state index < -0.39 is 5.97 Å². The molecule has 0 amide bonds. The summed E-state index contributed by atoms with van der Waals surface area (Å²) in [4.78, 5) is 11.3. The smallest absolute Gasteiger partial charge is 0.352 e. The number of anilines is 1. The van der Waals surface area contributed by atoms with Crippen LogP contribution in [0.4, 0.5) is 5.69 Å². The lowest BCUT2D eigenvalue weighted by Crippen LogP contribution is -2.19. The Morgan fingerprint density at radius 3 is 2.55 bits per heavy atom. The SMILES string of the molecule is Cc1cccc(N2N=C(C(=O)O)CC2c2ccccc2)c1C. The van der Waals surface area contributed by atoms with Gasteiger partial charge in [0.15, 0.2) is 0 Å². The van der Waals surface area contributed by atoms with E-state index in [0.717, 1.165) is 16.8 Å². The Morgan fingerprint density at radius 2 is 1.86 bits per heavy atom. The summed E-state index contributed by atoms with van der Waals surface area (Å²) in [6.07, 6.45) is 0.409. The van der Waals surface area contributed by atoms with Gasteiger partial charge in [-0.3, -0.25) is 5.01 Å². The Morgan fingerprint density at radius 1 is 1.14 bits per heavy atom. The maximum Gasteiger partial charge on any atom is 0.352 e. The number of aliphatic carboxylic acids is 1. The summed E-state index contributed by atoms with van der Waals surface area (Å²) in [5, 5.41) is 15.5. The molecule has 1 aliphatic heterocycles. The zero-order chi connectivity index (χ0) is 15.7. The summed E-state index contributed by atoms with van der Waals surface area (Å²) in [7, 11) is 0. The summed E-state index contributed by atoms with van der Waals surface area (Å²) in [6, 6.07) is 15.9. The molecule has 0 fully saturated rings. The fourth-order valence-corrected chi connectivity index (χ4v) is 2.78. The number of rotatable bonds is 3. The van der Waals surface area contributed by atoms with Crippen LogP contribution in [0.5, 0.6) is 0 Å². The normalized spacial score (nSPS) is 17.5. The van der Waals surface area contributed by atoms with Crippen LogP contribution in [0.2, 0.25) is 0 Å². The average Bonchev–Trinajstić information content (AvgIpc) is 2.96. The first kappa shape index (κ1) is 14.3. The molecule has 0 saturated carbocycles. The predicted molar refractivity (Wildman–Crippen MR) is 87.3 cm³/mol. The molecule has 112 valence electrons. The second-order valence-corrected chi connectivity index (χ2v) is 5.55. The van der Waals surface area contributed by atoms with Gasteiger partial charge in [-0.25, -0.2) is 4.79 Å². The van der Waals surface area contributed by atoms with Gasteiger partial charge in [0, 0.05) is 6.42 Å². The second kappa shape index (κ2) is 5.64. The monoisotopic (exact) mass is 294 g/mol. The molecule has 1 aliphatic rings. The summed E-state index contributed by atoms with van der Waals surface area (Å²) in [6.45, 7) is 4.09. The van der Waals surface area contributed by atoms with Gasteiger partial charge < -0.3 is 5.11 Å². The standard InChI is InChI=1S/C18H18N2O2/c1-12-7-6-10-16(13(12)2)20-17(11-15(19-20)18(21)22)14-8-4-3-5-9-14/h3-10,17H,11H2,1-2H3,(H,21,22). The number of carbonyl (C=O) groups is 1. The van der Waals surface area contributed by atoms with Crippen LogP contribution in [0.3, 0.4) is 0 Å². The van der Waals surface area contributed by atoms with Crippen molar-refractivity contribution in [2.75, 3.05) is 5.01 Å². The van der Waals surface area contributed by atoms with E-state index in [9.17, 15) is 9.90 Å². The molecule has 1 atom stereocenters. The molecule has 1 N–H and O–H groups in total. The van der Waals surface area contributed by atoms with E-state index in [1.165, 1.54) is 5.56 Å². The lowest BCUT2D eigenvalue weighted by Gasteiger charge is -2.26. The highest BCUT2D eigenvalue weighted by molar-refractivity contribution is 6.36. The number of nitrogens with zero attached hydrogens (tertiary/aromatic N) is 2. The van der Waals surface area contributed by atoms with Gasteiger partial charge in [-0.2, -0.15) is 5.10 Å². The van der Waals surface area contributed by atoms with Gasteiger partial charge in [-0.15, -0.1) is 0 Å². The zero-order valence-electron chi connectivity index (χ0n) is 12.7. The molecular weight excluding hydrogens is 276 g/mol. The third-order valence-electron chi connectivity index (χ3n) is 4.16. The van der Waals surface area contributed by atoms with Crippen molar-refractivity contribution in [3.05, 3.63) is 65.2 Å². The van der Waals surface area contributed by atoms with E-state index in [4.69, 9.17) is 0 Å². The molecule has 2 aromatic carbocycles. The van der Waals surface area contributed by atoms with E-state index >= 15 is 0 Å². The van der Waals surface area contributed by atoms with Crippen LogP contribution in [0.1, 0.15) is 29.2 Å². The van der Waals surface area contributed by atoms with E-state index in [2.05, 4.69) is 5.10 Å². The molecule has 4 nitrogen and oxygen atoms in total. The van der Waals surface area contributed by atoms with E-state index in [0.29, 0.717) is 6.42 Å². The third-order valence-corrected chi connectivity index (χ3v) is 4.16. The van der Waals surface area contributed by atoms with E-state index in [1.54, 1.807) is 0 Å². The molecule has 0 aliphatic carbocycles. The van der Waals surface area contributed by atoms with Crippen LogP contribution >= 0.6 is 0 Å². The van der Waals surface area contributed by atoms with Gasteiger partial charge in [-0.05, 0) is 36.6 Å². The highest BCUT2D eigenvalue weighted by Gasteiger charge is 2.32. The molecule has 1 unspecified atom stereocenters. The van der Waals surface area contributed by atoms with Crippen molar-refractivity contribution in [3.63, 3.8) is 0 Å². The minimum atomic E-state index is -0.950. The minimum absolute atomic E-state index is 0.0761. The van der Waals surface area contributed by atoms with E-state index in [1.807, 2.05) is 67.4 Å². The molecule has 0 bridgehead atoms. The van der Waals surface area contributed by atoms with Crippen molar-refractivity contribution in [2.24, 2.45) is 5.10 Å². The molecule has 1 heterocycles. The molecule has 0 spiro atoms. The Hall–Kier alpha value is -2.62. The Bertz CT molecular complexity index is 738. The molecule has 0 saturated heterocycles. The first-order valence-electron chi connectivity index (χ1n) is 7.29. The highest BCUT2D eigenvalue weighted by atomic mass is 16.4. The van der Waals surface area contributed by atoms with Gasteiger partial charge in [0.25, 0.3) is 0 Å². The van der Waals surface area contributed by atoms with Crippen LogP contribution in [0.25, 0.3) is 0 Å². The van der Waals surface area contributed by atoms with Crippen molar-refractivity contribution in [1.82, 2.24) is 0 Å². The summed E-state index contributed by atoms with van der Waals surface area (Å²) >= 11 is 0. The Balaban J connectivity index is 2.07. The predicted octanol–water partition coefficient (Wildman–Crippen LogP) is 3.70. The molecule has 4 heteroatoms. The van der Waals surface area contributed by atoms with Crippen LogP contribution in [-0.2, 0) is 4.79 Å². The number of hydrogen-bond donors (Lipinski definition) is 1. The molecule has 3 rings (SSSR count). The lowest BCUT2D eigenvalue weighted by molar-refractivity contribution is -0.129. The molecule has 2 aromatic rings. The number of hydrogen-bond acceptors (Lipinski definition) is 3. The third kappa shape index (κ3) is 2.48. The van der Waals surface area contributed by atoms with Gasteiger partial charge in [0.2, 0.25) is 0 Å². The first-order valence-corrected chi connectivity index (χ1v) is 7.29. The van der Waals surface area contributed by atoms with Gasteiger partial charge >= 0.3 is 5.97 Å². The van der Waals surface area contributed by atoms with E-state index in [-0.39, 0.29) is 11.8 Å². The summed E-state index contributed by atoms with van der Waals surface area (Å²) in [5.41, 5.74) is 4.53. The van der Waals surface area contributed by atoms with Crippen LogP contribution in [0.15, 0.2) is 53.6 Å². The molecule has 0 radical (unpaired) electrons. The van der Waals surface area contributed by atoms with Crippen LogP contribution < -0.4 is 5.01 Å². The number of benzene rings is 2. The Labute approximate surface area is 129 Å². The van der Waals surface area contributed by atoms with Crippen molar-refractivity contribution in [1.29, 1.82) is 0 Å². The van der Waals surface area contributed by atoms with Crippen molar-refractivity contribution < 1.29 is 9.90 Å². The zero-order valence-corrected chi connectivity index (χ0v) is 12.7. The van der Waals surface area contributed by atoms with Crippen molar-refractivity contribution >= 4 is 17.4 Å². The van der Waals surface area contributed by atoms with Crippen molar-refractivity contribution in [2.45, 2.75) is 26.3 Å². The average molecular weight is 294 g/mol. The number of aryl methyl sites for hydroxylation is 1. The van der Waals surface area contributed by atoms with Crippen LogP contribution in [0, 0.1) is 13.8 Å². The molecule has 22 heavy (non-hydrogen) atoms. The highest BCUT2D eigenvalue weighted by Crippen LogP contribution is 2.37. The number of hydrazone groups is 1. The number of carboxylic acid groups (broad SMARTS) is 1. The van der Waals surface area contributed by atoms with Crippen LogP contribution in [-0.4, -0.2) is 16.8 Å². The number of carboxylic acids is 1. The maximum absolute atomic E-state index is 11.3. The Kier molecular flexibility index (Phi) is 3.67. The maximum atomic E-state index is 11.3. The van der Waals surface area contributed by atoms with Gasteiger partial charge in [0.05, 0.1) is 11.7 Å². The fourth-order valence-electron chi connectivity index (χ4n) is 2.78. The van der Waals surface area contributed by atoms with Crippen molar-refractivity contribution in [3.8, 4) is 0 Å². The molecule has 0 aromatic heterocycles. The molecular formula is C18H18N2O2. The first-order chi connectivity index (χ1) is 10.6. The summed E-state index contributed by atoms with van der Waals surface area (Å²) < 4.78 is 0. The lowest BCUT2D eigenvalue weighted by atomic mass is 10.00. The second-order valence-electron chi connectivity index (χ2n) is 5.55. The summed E-state index contributed by atoms with van der Waals surface area (Å²) in [5.74, 6) is -0.950. The minimum Gasteiger partial charge on any atom is -0.477 e. The quantitative estimate of drug-likeness (QED) is 0.939.